The Morgan fingerprint density at radius 3 is 2.31 bits per heavy atom. The molecule has 3 aromatic rings. The molecule has 2 amide bonds. The number of ketones is 1. The van der Waals surface area contributed by atoms with Crippen LogP contribution in [-0.4, -0.2) is 53.8 Å². The number of anilines is 1. The molecule has 0 aliphatic rings. The zero-order chi connectivity index (χ0) is 33.7. The number of carbonyl (C=O) groups is 4. The van der Waals surface area contributed by atoms with Gasteiger partial charge in [-0.2, -0.15) is 13.2 Å². The van der Waals surface area contributed by atoms with Crippen molar-refractivity contribution in [2.75, 3.05) is 25.5 Å². The molecule has 236 valence electrons. The van der Waals surface area contributed by atoms with Gasteiger partial charge in [-0.1, -0.05) is 35.0 Å². The van der Waals surface area contributed by atoms with Gasteiger partial charge in [-0.05, 0) is 68.4 Å². The molecule has 0 spiro atoms. The van der Waals surface area contributed by atoms with Crippen LogP contribution in [0.25, 0.3) is 0 Å². The molecule has 0 aromatic heterocycles. The van der Waals surface area contributed by atoms with Crippen molar-refractivity contribution >= 4 is 52.5 Å². The number of ether oxygens (including phenoxy) is 1. The maximum absolute atomic E-state index is 13.9. The number of hydrogen-bond donors (Lipinski definition) is 2. The first kappa shape index (κ1) is 34.9. The number of halogens is 6. The fraction of sp³-hybridized carbons (Fsp3) is 0.226. The van der Waals surface area contributed by atoms with Crippen molar-refractivity contribution in [3.8, 4) is 17.6 Å². The standard InChI is InChI=1S/C31H24Cl2F4N2O6/c1-30(2,29(44)39(3)15-27(41)42)9-8-17-4-6-24(23(33)10-17)38-26(40)16-45-25-7-5-20(32)14-22(25)28(43)18-11-19(31(35,36)37)13-21(34)12-18/h4-7,10-14H,15-16H2,1-3H3,(H,38,40)(H,41,42). The first-order chi connectivity index (χ1) is 20.9. The molecule has 3 aromatic carbocycles. The van der Waals surface area contributed by atoms with E-state index in [4.69, 9.17) is 33.0 Å². The van der Waals surface area contributed by atoms with Gasteiger partial charge in [-0.25, -0.2) is 4.39 Å². The first-order valence-corrected chi connectivity index (χ1v) is 13.6. The molecule has 2 N–H and O–H groups in total. The molecule has 0 fully saturated rings. The fourth-order valence-corrected chi connectivity index (χ4v) is 4.30. The van der Waals surface area contributed by atoms with E-state index < -0.39 is 65.3 Å². The molecule has 0 saturated carbocycles. The molecule has 0 atom stereocenters. The molecule has 3 rings (SSSR count). The van der Waals surface area contributed by atoms with Crippen molar-refractivity contribution in [1.82, 2.24) is 4.90 Å². The summed E-state index contributed by atoms with van der Waals surface area (Å²) in [5.74, 6) is 0.710. The van der Waals surface area contributed by atoms with Gasteiger partial charge in [0.15, 0.2) is 12.4 Å². The zero-order valence-corrected chi connectivity index (χ0v) is 25.3. The Hall–Kier alpha value is -4.60. The highest BCUT2D eigenvalue weighted by atomic mass is 35.5. The van der Waals surface area contributed by atoms with Crippen LogP contribution in [0.15, 0.2) is 54.6 Å². The number of carboxylic acid groups (broad SMARTS) is 1. The number of benzene rings is 3. The zero-order valence-electron chi connectivity index (χ0n) is 23.8. The van der Waals surface area contributed by atoms with Gasteiger partial charge in [0.1, 0.15) is 23.5 Å². The molecular formula is C31H24Cl2F4N2O6. The minimum atomic E-state index is -4.90. The van der Waals surface area contributed by atoms with Crippen LogP contribution >= 0.6 is 23.2 Å². The molecule has 0 aliphatic carbocycles. The Labute approximate surface area is 264 Å². The van der Waals surface area contributed by atoms with E-state index in [1.165, 1.54) is 51.2 Å². The Morgan fingerprint density at radius 1 is 1.00 bits per heavy atom. The Kier molecular flexibility index (Phi) is 10.9. The summed E-state index contributed by atoms with van der Waals surface area (Å²) in [7, 11) is 1.35. The van der Waals surface area contributed by atoms with E-state index in [0.29, 0.717) is 17.7 Å². The lowest BCUT2D eigenvalue weighted by Crippen LogP contribution is -2.40. The molecule has 14 heteroatoms. The molecule has 0 saturated heterocycles. The van der Waals surface area contributed by atoms with E-state index >= 15 is 0 Å². The Morgan fingerprint density at radius 2 is 1.69 bits per heavy atom. The van der Waals surface area contributed by atoms with Crippen LogP contribution < -0.4 is 10.1 Å². The van der Waals surface area contributed by atoms with E-state index in [0.717, 1.165) is 11.0 Å². The van der Waals surface area contributed by atoms with Crippen molar-refractivity contribution < 1.29 is 46.6 Å². The third kappa shape index (κ3) is 9.44. The quantitative estimate of drug-likeness (QED) is 0.157. The lowest BCUT2D eigenvalue weighted by Gasteiger charge is -2.23. The maximum atomic E-state index is 13.9. The summed E-state index contributed by atoms with van der Waals surface area (Å²) in [4.78, 5) is 50.1. The second kappa shape index (κ2) is 14.0. The smallest absolute Gasteiger partial charge is 0.416 e. The number of rotatable bonds is 9. The third-order valence-corrected chi connectivity index (χ3v) is 6.60. The number of aliphatic carboxylic acids is 1. The van der Waals surface area contributed by atoms with Crippen LogP contribution in [0.5, 0.6) is 5.75 Å². The molecule has 45 heavy (non-hydrogen) atoms. The van der Waals surface area contributed by atoms with Crippen LogP contribution in [0.4, 0.5) is 23.2 Å². The molecule has 8 nitrogen and oxygen atoms in total. The van der Waals surface area contributed by atoms with Gasteiger partial charge in [0.05, 0.1) is 21.8 Å². The van der Waals surface area contributed by atoms with Crippen LogP contribution in [0, 0.1) is 23.1 Å². The maximum Gasteiger partial charge on any atom is 0.416 e. The third-order valence-electron chi connectivity index (χ3n) is 6.05. The van der Waals surface area contributed by atoms with E-state index in [2.05, 4.69) is 17.2 Å². The number of amides is 2. The summed E-state index contributed by atoms with van der Waals surface area (Å²) in [6, 6.07) is 9.45. The molecule has 0 bridgehead atoms. The number of nitrogens with zero attached hydrogens (tertiary/aromatic N) is 1. The Bertz CT molecular complexity index is 1730. The van der Waals surface area contributed by atoms with Gasteiger partial charge in [0.2, 0.25) is 5.91 Å². The van der Waals surface area contributed by atoms with Gasteiger partial charge in [0.25, 0.3) is 5.91 Å². The molecule has 0 radical (unpaired) electrons. The van der Waals surface area contributed by atoms with Crippen molar-refractivity contribution in [1.29, 1.82) is 0 Å². The molecule has 0 unspecified atom stereocenters. The van der Waals surface area contributed by atoms with Crippen molar-refractivity contribution in [3.05, 3.63) is 92.7 Å². The summed E-state index contributed by atoms with van der Waals surface area (Å²) in [6.45, 7) is 1.93. The lowest BCUT2D eigenvalue weighted by atomic mass is 9.92. The van der Waals surface area contributed by atoms with Crippen molar-refractivity contribution in [2.24, 2.45) is 5.41 Å². The summed E-state index contributed by atoms with van der Waals surface area (Å²) >= 11 is 12.3. The van der Waals surface area contributed by atoms with Crippen LogP contribution in [0.3, 0.4) is 0 Å². The molecule has 0 heterocycles. The number of alkyl halides is 3. The van der Waals surface area contributed by atoms with E-state index in [1.807, 2.05) is 0 Å². The molecular weight excluding hydrogens is 643 g/mol. The number of carboxylic acids is 1. The summed E-state index contributed by atoms with van der Waals surface area (Å²) in [6.07, 6.45) is -4.90. The predicted octanol–water partition coefficient (Wildman–Crippen LogP) is 6.32. The van der Waals surface area contributed by atoms with Gasteiger partial charge >= 0.3 is 12.1 Å². The summed E-state index contributed by atoms with van der Waals surface area (Å²) in [5.41, 5.74) is -2.91. The lowest BCUT2D eigenvalue weighted by molar-refractivity contribution is -0.146. The van der Waals surface area contributed by atoms with Gasteiger partial charge in [-0.15, -0.1) is 0 Å². The van der Waals surface area contributed by atoms with Gasteiger partial charge < -0.3 is 20.1 Å². The largest absolute Gasteiger partial charge is 0.483 e. The Balaban J connectivity index is 1.72. The van der Waals surface area contributed by atoms with E-state index in [9.17, 15) is 36.7 Å². The summed E-state index contributed by atoms with van der Waals surface area (Å²) < 4.78 is 58.8. The topological polar surface area (TPSA) is 113 Å². The fourth-order valence-electron chi connectivity index (χ4n) is 3.90. The van der Waals surface area contributed by atoms with E-state index in [-0.39, 0.29) is 33.1 Å². The number of likely N-dealkylation sites (N-methyl/N-ethyl adjacent to an activating group) is 1. The average Bonchev–Trinajstić information content (AvgIpc) is 2.94. The van der Waals surface area contributed by atoms with Crippen LogP contribution in [-0.2, 0) is 20.6 Å². The molecule has 0 aliphatic heterocycles. The monoisotopic (exact) mass is 666 g/mol. The highest BCUT2D eigenvalue weighted by molar-refractivity contribution is 6.34. The van der Waals surface area contributed by atoms with Crippen molar-refractivity contribution in [2.45, 2.75) is 20.0 Å². The predicted molar refractivity (Wildman–Crippen MR) is 158 cm³/mol. The number of nitrogens with one attached hydrogen (secondary N) is 1. The van der Waals surface area contributed by atoms with Gasteiger partial charge in [0, 0.05) is 23.2 Å². The SMILES string of the molecule is CN(CC(=O)O)C(=O)C(C)(C)C#Cc1ccc(NC(=O)COc2ccc(Cl)cc2C(=O)c2cc(F)cc(C(F)(F)F)c2)c(Cl)c1. The van der Waals surface area contributed by atoms with E-state index in [1.54, 1.807) is 0 Å². The second-order valence-corrected chi connectivity index (χ2v) is 11.0. The number of hydrogen-bond acceptors (Lipinski definition) is 5. The second-order valence-electron chi connectivity index (χ2n) is 10.2. The summed E-state index contributed by atoms with van der Waals surface area (Å²) in [5, 5.41) is 11.5. The normalized spacial score (nSPS) is 11.2. The van der Waals surface area contributed by atoms with Crippen LogP contribution in [0.1, 0.15) is 40.9 Å². The number of carbonyl (C=O) groups excluding carboxylic acids is 3. The minimum Gasteiger partial charge on any atom is -0.483 e. The first-order valence-electron chi connectivity index (χ1n) is 12.8. The van der Waals surface area contributed by atoms with Crippen molar-refractivity contribution in [3.63, 3.8) is 0 Å². The van der Waals surface area contributed by atoms with Gasteiger partial charge in [-0.3, -0.25) is 19.2 Å². The average molecular weight is 667 g/mol. The highest BCUT2D eigenvalue weighted by Gasteiger charge is 2.32. The van der Waals surface area contributed by atoms with Crippen LogP contribution in [0.2, 0.25) is 10.0 Å². The minimum absolute atomic E-state index is 0.0394. The highest BCUT2D eigenvalue weighted by Crippen LogP contribution is 2.32.